The summed E-state index contributed by atoms with van der Waals surface area (Å²) < 4.78 is 5.97. The van der Waals surface area contributed by atoms with E-state index >= 15 is 0 Å². The summed E-state index contributed by atoms with van der Waals surface area (Å²) in [5.41, 5.74) is 8.78. The van der Waals surface area contributed by atoms with Crippen LogP contribution in [-0.2, 0) is 6.61 Å². The van der Waals surface area contributed by atoms with Crippen LogP contribution < -0.4 is 10.5 Å². The molecule has 0 unspecified atom stereocenters. The van der Waals surface area contributed by atoms with E-state index in [0.29, 0.717) is 23.7 Å². The van der Waals surface area contributed by atoms with Crippen molar-refractivity contribution in [3.05, 3.63) is 60.6 Å². The number of nitrogens with one attached hydrogen (secondary N) is 1. The summed E-state index contributed by atoms with van der Waals surface area (Å²) in [6.45, 7) is 0.323. The van der Waals surface area contributed by atoms with Crippen molar-refractivity contribution in [1.82, 2.24) is 19.9 Å². The zero-order valence-electron chi connectivity index (χ0n) is 13.2. The fourth-order valence-electron chi connectivity index (χ4n) is 2.68. The van der Waals surface area contributed by atoms with Gasteiger partial charge in [0.05, 0.1) is 11.1 Å². The number of phenols is 1. The number of nitrogen functional groups attached to an aromatic ring is 1. The van der Waals surface area contributed by atoms with Crippen molar-refractivity contribution in [3.8, 4) is 22.8 Å². The topological polar surface area (TPSA) is 110 Å². The molecule has 1 aromatic carbocycles. The molecule has 7 nitrogen and oxygen atoms in total. The average molecular weight is 333 g/mol. The van der Waals surface area contributed by atoms with Gasteiger partial charge in [0.15, 0.2) is 0 Å². The number of aromatic amines is 1. The molecule has 7 heteroatoms. The van der Waals surface area contributed by atoms with Crippen molar-refractivity contribution in [2.45, 2.75) is 6.61 Å². The summed E-state index contributed by atoms with van der Waals surface area (Å²) in [6, 6.07) is 10.5. The predicted octanol–water partition coefficient (Wildman–Crippen LogP) is 2.89. The summed E-state index contributed by atoms with van der Waals surface area (Å²) in [6.07, 6.45) is 5.11. The lowest BCUT2D eigenvalue weighted by Gasteiger charge is -2.09. The fourth-order valence-corrected chi connectivity index (χ4v) is 2.68. The molecule has 3 aromatic heterocycles. The number of pyridine rings is 1. The van der Waals surface area contributed by atoms with Crippen LogP contribution in [0.1, 0.15) is 5.56 Å². The third-order valence-electron chi connectivity index (χ3n) is 3.79. The minimum Gasteiger partial charge on any atom is -0.508 e. The molecule has 0 saturated heterocycles. The second kappa shape index (κ2) is 6.12. The number of phenolic OH excluding ortho intramolecular Hbond substituents is 1. The Labute approximate surface area is 143 Å². The summed E-state index contributed by atoms with van der Waals surface area (Å²) in [7, 11) is 0. The van der Waals surface area contributed by atoms with E-state index in [1.807, 2.05) is 12.3 Å². The molecule has 0 spiro atoms. The Hall–Kier alpha value is -3.61. The summed E-state index contributed by atoms with van der Waals surface area (Å²) in [4.78, 5) is 15.6. The molecule has 25 heavy (non-hydrogen) atoms. The van der Waals surface area contributed by atoms with Gasteiger partial charge in [-0.05, 0) is 29.8 Å². The lowest BCUT2D eigenvalue weighted by Crippen LogP contribution is -1.97. The van der Waals surface area contributed by atoms with E-state index in [4.69, 9.17) is 10.5 Å². The maximum absolute atomic E-state index is 9.57. The van der Waals surface area contributed by atoms with E-state index in [-0.39, 0.29) is 11.7 Å². The molecule has 0 amide bonds. The first-order valence-corrected chi connectivity index (χ1v) is 7.66. The smallest absolute Gasteiger partial charge is 0.220 e. The normalized spacial score (nSPS) is 10.9. The second-order valence-electron chi connectivity index (χ2n) is 5.49. The van der Waals surface area contributed by atoms with E-state index in [2.05, 4.69) is 19.9 Å². The van der Waals surface area contributed by atoms with Gasteiger partial charge in [-0.15, -0.1) is 0 Å². The molecule has 0 radical (unpaired) electrons. The maximum atomic E-state index is 9.57. The molecule has 4 aromatic rings. The minimum atomic E-state index is 0.206. The van der Waals surface area contributed by atoms with Crippen LogP contribution in [0, 0.1) is 0 Å². The second-order valence-corrected chi connectivity index (χ2v) is 5.49. The van der Waals surface area contributed by atoms with Gasteiger partial charge in [-0.1, -0.05) is 12.1 Å². The number of H-pyrrole nitrogens is 1. The first-order valence-electron chi connectivity index (χ1n) is 7.66. The number of rotatable bonds is 4. The van der Waals surface area contributed by atoms with E-state index in [1.54, 1.807) is 42.7 Å². The van der Waals surface area contributed by atoms with Crippen molar-refractivity contribution < 1.29 is 9.84 Å². The van der Waals surface area contributed by atoms with Gasteiger partial charge in [0.2, 0.25) is 5.95 Å². The van der Waals surface area contributed by atoms with Crippen LogP contribution in [0.15, 0.2) is 55.0 Å². The van der Waals surface area contributed by atoms with Gasteiger partial charge in [-0.2, -0.15) is 0 Å². The summed E-state index contributed by atoms with van der Waals surface area (Å²) >= 11 is 0. The van der Waals surface area contributed by atoms with Crippen molar-refractivity contribution in [2.24, 2.45) is 0 Å². The quantitative estimate of drug-likeness (QED) is 0.530. The third kappa shape index (κ3) is 2.94. The van der Waals surface area contributed by atoms with E-state index in [0.717, 1.165) is 16.5 Å². The summed E-state index contributed by atoms with van der Waals surface area (Å²) in [5.74, 6) is 1.08. The van der Waals surface area contributed by atoms with Crippen LogP contribution in [0.3, 0.4) is 0 Å². The fraction of sp³-hybridized carbons (Fsp3) is 0.0556. The van der Waals surface area contributed by atoms with Crippen molar-refractivity contribution in [1.29, 1.82) is 0 Å². The van der Waals surface area contributed by atoms with E-state index < -0.39 is 0 Å². The number of hydrogen-bond acceptors (Lipinski definition) is 6. The van der Waals surface area contributed by atoms with Gasteiger partial charge in [0.25, 0.3) is 0 Å². The molecule has 0 saturated carbocycles. The van der Waals surface area contributed by atoms with Crippen LogP contribution >= 0.6 is 0 Å². The molecule has 4 rings (SSSR count). The monoisotopic (exact) mass is 333 g/mol. The van der Waals surface area contributed by atoms with Crippen LogP contribution in [-0.4, -0.2) is 25.0 Å². The Kier molecular flexibility index (Phi) is 3.66. The molecule has 0 aliphatic heterocycles. The number of nitrogens with zero attached hydrogens (tertiary/aromatic N) is 3. The van der Waals surface area contributed by atoms with Crippen LogP contribution in [0.2, 0.25) is 0 Å². The molecule has 0 atom stereocenters. The number of nitrogens with two attached hydrogens (primary N) is 1. The molecule has 124 valence electrons. The Bertz CT molecular complexity index is 1040. The van der Waals surface area contributed by atoms with Gasteiger partial charge < -0.3 is 20.6 Å². The number of ether oxygens (including phenoxy) is 1. The van der Waals surface area contributed by atoms with Crippen molar-refractivity contribution in [3.63, 3.8) is 0 Å². The lowest BCUT2D eigenvalue weighted by molar-refractivity contribution is 0.309. The standard InChI is InChI=1S/C18H15N5O2/c19-18-21-6-4-14(23-18)13-9-22-17-16(13)15(5-7-20-17)25-10-11-2-1-3-12(24)8-11/h1-9,24H,10H2,(H,20,22)(H2,19,21,23). The highest BCUT2D eigenvalue weighted by molar-refractivity contribution is 5.97. The van der Waals surface area contributed by atoms with Crippen LogP contribution in [0.25, 0.3) is 22.3 Å². The number of benzene rings is 1. The Morgan fingerprint density at radius 1 is 1.12 bits per heavy atom. The number of aromatic nitrogens is 4. The highest BCUT2D eigenvalue weighted by atomic mass is 16.5. The first-order chi connectivity index (χ1) is 12.2. The van der Waals surface area contributed by atoms with Gasteiger partial charge in [-0.25, -0.2) is 15.0 Å². The van der Waals surface area contributed by atoms with Gasteiger partial charge in [-0.3, -0.25) is 0 Å². The van der Waals surface area contributed by atoms with Gasteiger partial charge in [0, 0.05) is 24.2 Å². The molecule has 4 N–H and O–H groups in total. The highest BCUT2D eigenvalue weighted by Gasteiger charge is 2.14. The van der Waals surface area contributed by atoms with E-state index in [9.17, 15) is 5.11 Å². The Morgan fingerprint density at radius 2 is 2.00 bits per heavy atom. The van der Waals surface area contributed by atoms with Crippen molar-refractivity contribution in [2.75, 3.05) is 5.73 Å². The van der Waals surface area contributed by atoms with Crippen molar-refractivity contribution >= 4 is 17.0 Å². The minimum absolute atomic E-state index is 0.206. The predicted molar refractivity (Wildman–Crippen MR) is 94.0 cm³/mol. The number of aromatic hydroxyl groups is 1. The largest absolute Gasteiger partial charge is 0.508 e. The van der Waals surface area contributed by atoms with Crippen LogP contribution in [0.5, 0.6) is 11.5 Å². The highest BCUT2D eigenvalue weighted by Crippen LogP contribution is 2.34. The van der Waals surface area contributed by atoms with Gasteiger partial charge in [0.1, 0.15) is 23.8 Å². The first kappa shape index (κ1) is 14.9. The zero-order valence-corrected chi connectivity index (χ0v) is 13.2. The molecule has 0 fully saturated rings. The molecular weight excluding hydrogens is 318 g/mol. The lowest BCUT2D eigenvalue weighted by atomic mass is 10.1. The SMILES string of the molecule is Nc1nccc(-c2c[nH]c3nccc(OCc4cccc(O)c4)c23)n1. The maximum Gasteiger partial charge on any atom is 0.220 e. The molecule has 0 aliphatic rings. The Morgan fingerprint density at radius 3 is 2.84 bits per heavy atom. The molecule has 0 aliphatic carbocycles. The average Bonchev–Trinajstić information content (AvgIpc) is 3.05. The van der Waals surface area contributed by atoms with E-state index in [1.165, 1.54) is 0 Å². The third-order valence-corrected chi connectivity index (χ3v) is 3.79. The molecule has 3 heterocycles. The number of anilines is 1. The summed E-state index contributed by atoms with van der Waals surface area (Å²) in [5, 5.41) is 10.4. The number of hydrogen-bond donors (Lipinski definition) is 3. The van der Waals surface area contributed by atoms with Gasteiger partial charge >= 0.3 is 0 Å². The molecule has 0 bridgehead atoms. The van der Waals surface area contributed by atoms with Crippen LogP contribution in [0.4, 0.5) is 5.95 Å². The number of fused-ring (bicyclic) bond motifs is 1. The molecular formula is C18H15N5O2. The Balaban J connectivity index is 1.73. The zero-order chi connectivity index (χ0) is 17.2.